The number of piperazine rings is 1. The van der Waals surface area contributed by atoms with E-state index >= 15 is 0 Å². The van der Waals surface area contributed by atoms with Crippen LogP contribution in [0.25, 0.3) is 0 Å². The normalized spacial score (nSPS) is 14.3. The molecule has 0 bridgehead atoms. The number of rotatable bonds is 5. The summed E-state index contributed by atoms with van der Waals surface area (Å²) in [6.07, 6.45) is 0. The molecule has 1 amide bonds. The molecule has 3 rings (SSSR count). The predicted molar refractivity (Wildman–Crippen MR) is 106 cm³/mol. The van der Waals surface area contributed by atoms with E-state index in [1.54, 1.807) is 7.11 Å². The number of methoxy groups -OCH3 is 1. The molecule has 0 radical (unpaired) electrons. The summed E-state index contributed by atoms with van der Waals surface area (Å²) in [7, 11) is 1.66. The van der Waals surface area contributed by atoms with Crippen LogP contribution in [-0.4, -0.2) is 50.7 Å². The van der Waals surface area contributed by atoms with Crippen molar-refractivity contribution in [3.05, 3.63) is 52.5 Å². The van der Waals surface area contributed by atoms with Gasteiger partial charge >= 0.3 is 0 Å². The summed E-state index contributed by atoms with van der Waals surface area (Å²) >= 11 is 3.47. The molecular weight excluding hydrogens is 396 g/mol. The number of nitrogens with zero attached hydrogens (tertiary/aromatic N) is 2. The quantitative estimate of drug-likeness (QED) is 0.744. The third-order valence-electron chi connectivity index (χ3n) is 4.51. The van der Waals surface area contributed by atoms with Crippen molar-refractivity contribution in [3.63, 3.8) is 0 Å². The molecule has 26 heavy (non-hydrogen) atoms. The lowest BCUT2D eigenvalue weighted by atomic mass is 10.2. The summed E-state index contributed by atoms with van der Waals surface area (Å²) in [5, 5.41) is 0. The van der Waals surface area contributed by atoms with Crippen molar-refractivity contribution < 1.29 is 14.3 Å². The van der Waals surface area contributed by atoms with Crippen molar-refractivity contribution in [1.29, 1.82) is 0 Å². The second kappa shape index (κ2) is 8.45. The fourth-order valence-electron chi connectivity index (χ4n) is 2.96. The topological polar surface area (TPSA) is 42.0 Å². The zero-order chi connectivity index (χ0) is 18.5. The summed E-state index contributed by atoms with van der Waals surface area (Å²) in [5.74, 6) is 1.56. The van der Waals surface area contributed by atoms with Crippen LogP contribution >= 0.6 is 15.9 Å². The van der Waals surface area contributed by atoms with E-state index < -0.39 is 0 Å². The molecule has 0 saturated carbocycles. The largest absolute Gasteiger partial charge is 0.497 e. The van der Waals surface area contributed by atoms with Gasteiger partial charge in [-0.3, -0.25) is 4.79 Å². The minimum Gasteiger partial charge on any atom is -0.497 e. The van der Waals surface area contributed by atoms with Gasteiger partial charge in [-0.05, 0) is 64.8 Å². The van der Waals surface area contributed by atoms with Crippen LogP contribution in [0.3, 0.4) is 0 Å². The van der Waals surface area contributed by atoms with Crippen LogP contribution < -0.4 is 14.4 Å². The molecule has 2 aromatic carbocycles. The van der Waals surface area contributed by atoms with E-state index in [2.05, 4.69) is 20.8 Å². The molecule has 2 aromatic rings. The van der Waals surface area contributed by atoms with Gasteiger partial charge in [0.1, 0.15) is 11.5 Å². The second-order valence-electron chi connectivity index (χ2n) is 6.29. The third kappa shape index (κ3) is 4.49. The number of amides is 1. The minimum absolute atomic E-state index is 0.0202. The Kier molecular flexibility index (Phi) is 6.04. The molecule has 1 aliphatic rings. The number of halogens is 1. The lowest BCUT2D eigenvalue weighted by Crippen LogP contribution is -2.50. The van der Waals surface area contributed by atoms with Gasteiger partial charge in [0.25, 0.3) is 5.91 Å². The SMILES string of the molecule is COc1ccc(N2CCN(C(=O)COc3ccc(C)cc3Br)CC2)cc1. The fourth-order valence-corrected chi connectivity index (χ4v) is 3.57. The molecule has 0 aliphatic carbocycles. The zero-order valence-corrected chi connectivity index (χ0v) is 16.7. The van der Waals surface area contributed by atoms with E-state index in [1.807, 2.05) is 54.3 Å². The van der Waals surface area contributed by atoms with Gasteiger partial charge in [0.05, 0.1) is 11.6 Å². The lowest BCUT2D eigenvalue weighted by Gasteiger charge is -2.36. The van der Waals surface area contributed by atoms with Gasteiger partial charge in [-0.2, -0.15) is 0 Å². The van der Waals surface area contributed by atoms with E-state index in [4.69, 9.17) is 9.47 Å². The molecular formula is C20H23BrN2O3. The number of ether oxygens (including phenoxy) is 2. The summed E-state index contributed by atoms with van der Waals surface area (Å²) in [6, 6.07) is 13.9. The van der Waals surface area contributed by atoms with Crippen LogP contribution in [0.5, 0.6) is 11.5 Å². The Morgan fingerprint density at radius 2 is 1.77 bits per heavy atom. The number of anilines is 1. The zero-order valence-electron chi connectivity index (χ0n) is 15.1. The number of benzene rings is 2. The molecule has 0 spiro atoms. The molecule has 1 saturated heterocycles. The van der Waals surface area contributed by atoms with Gasteiger partial charge in [0, 0.05) is 31.9 Å². The van der Waals surface area contributed by atoms with Crippen LogP contribution in [0, 0.1) is 6.92 Å². The highest BCUT2D eigenvalue weighted by molar-refractivity contribution is 9.10. The Hall–Kier alpha value is -2.21. The van der Waals surface area contributed by atoms with Crippen molar-refractivity contribution >= 4 is 27.5 Å². The van der Waals surface area contributed by atoms with Crippen LogP contribution in [0.4, 0.5) is 5.69 Å². The van der Waals surface area contributed by atoms with E-state index in [9.17, 15) is 4.79 Å². The average Bonchev–Trinajstić information content (AvgIpc) is 2.67. The van der Waals surface area contributed by atoms with E-state index in [-0.39, 0.29) is 12.5 Å². The van der Waals surface area contributed by atoms with Crippen LogP contribution in [0.15, 0.2) is 46.9 Å². The monoisotopic (exact) mass is 418 g/mol. The molecule has 138 valence electrons. The molecule has 0 N–H and O–H groups in total. The Bertz CT molecular complexity index is 756. The lowest BCUT2D eigenvalue weighted by molar-refractivity contribution is -0.133. The first kappa shape index (κ1) is 18.6. The first-order valence-electron chi connectivity index (χ1n) is 8.62. The molecule has 0 atom stereocenters. The minimum atomic E-state index is 0.0202. The summed E-state index contributed by atoms with van der Waals surface area (Å²) in [6.45, 7) is 5.09. The highest BCUT2D eigenvalue weighted by Gasteiger charge is 2.21. The van der Waals surface area contributed by atoms with E-state index in [0.717, 1.165) is 34.6 Å². The Morgan fingerprint density at radius 1 is 1.08 bits per heavy atom. The van der Waals surface area contributed by atoms with E-state index in [0.29, 0.717) is 18.8 Å². The van der Waals surface area contributed by atoms with E-state index in [1.165, 1.54) is 0 Å². The molecule has 1 fully saturated rings. The van der Waals surface area contributed by atoms with Gasteiger partial charge in [-0.25, -0.2) is 0 Å². The van der Waals surface area contributed by atoms with Gasteiger partial charge in [-0.1, -0.05) is 6.07 Å². The standard InChI is InChI=1S/C20H23BrN2O3/c1-15-3-8-19(18(21)13-15)26-14-20(24)23-11-9-22(10-12-23)16-4-6-17(25-2)7-5-16/h3-8,13H,9-12,14H2,1-2H3. The van der Waals surface area contributed by atoms with Crippen molar-refractivity contribution in [2.75, 3.05) is 44.8 Å². The van der Waals surface area contributed by atoms with Crippen LogP contribution in [0.1, 0.15) is 5.56 Å². The van der Waals surface area contributed by atoms with Crippen LogP contribution in [0.2, 0.25) is 0 Å². The molecule has 0 aromatic heterocycles. The van der Waals surface area contributed by atoms with Crippen LogP contribution in [-0.2, 0) is 4.79 Å². The molecule has 6 heteroatoms. The van der Waals surface area contributed by atoms with Crippen molar-refractivity contribution in [2.45, 2.75) is 6.92 Å². The number of carbonyl (C=O) groups excluding carboxylic acids is 1. The average molecular weight is 419 g/mol. The third-order valence-corrected chi connectivity index (χ3v) is 5.13. The first-order chi connectivity index (χ1) is 12.6. The summed E-state index contributed by atoms with van der Waals surface area (Å²) in [4.78, 5) is 16.6. The summed E-state index contributed by atoms with van der Waals surface area (Å²) in [5.41, 5.74) is 2.29. The van der Waals surface area contributed by atoms with Gasteiger partial charge < -0.3 is 19.3 Å². The smallest absolute Gasteiger partial charge is 0.260 e. The maximum Gasteiger partial charge on any atom is 0.260 e. The number of hydrogen-bond donors (Lipinski definition) is 0. The molecule has 0 unspecified atom stereocenters. The highest BCUT2D eigenvalue weighted by Crippen LogP contribution is 2.26. The second-order valence-corrected chi connectivity index (χ2v) is 7.14. The summed E-state index contributed by atoms with van der Waals surface area (Å²) < 4.78 is 11.7. The van der Waals surface area contributed by atoms with Crippen molar-refractivity contribution in [2.24, 2.45) is 0 Å². The Morgan fingerprint density at radius 3 is 2.38 bits per heavy atom. The Balaban J connectivity index is 1.50. The molecule has 5 nitrogen and oxygen atoms in total. The van der Waals surface area contributed by atoms with Crippen molar-refractivity contribution in [3.8, 4) is 11.5 Å². The van der Waals surface area contributed by atoms with Gasteiger partial charge in [0.2, 0.25) is 0 Å². The molecule has 1 aliphatic heterocycles. The maximum absolute atomic E-state index is 12.4. The number of hydrogen-bond acceptors (Lipinski definition) is 4. The fraction of sp³-hybridized carbons (Fsp3) is 0.350. The van der Waals surface area contributed by atoms with Crippen molar-refractivity contribution in [1.82, 2.24) is 4.90 Å². The van der Waals surface area contributed by atoms with Gasteiger partial charge in [-0.15, -0.1) is 0 Å². The Labute approximate surface area is 162 Å². The number of aryl methyl sites for hydroxylation is 1. The molecule has 1 heterocycles. The predicted octanol–water partition coefficient (Wildman–Crippen LogP) is 3.49. The number of carbonyl (C=O) groups is 1. The maximum atomic E-state index is 12.4. The highest BCUT2D eigenvalue weighted by atomic mass is 79.9. The van der Waals surface area contributed by atoms with Gasteiger partial charge in [0.15, 0.2) is 6.61 Å². The first-order valence-corrected chi connectivity index (χ1v) is 9.42.